The molecule has 0 spiro atoms. The Morgan fingerprint density at radius 2 is 1.95 bits per heavy atom. The Labute approximate surface area is 127 Å². The number of carbonyl (C=O) groups is 1. The molecule has 0 aliphatic carbocycles. The molecule has 116 valence electrons. The molecule has 1 aromatic carbocycles. The van der Waals surface area contributed by atoms with Gasteiger partial charge in [-0.2, -0.15) is 4.98 Å². The van der Waals surface area contributed by atoms with Gasteiger partial charge in [-0.05, 0) is 18.6 Å². The van der Waals surface area contributed by atoms with Gasteiger partial charge in [0.2, 0.25) is 5.88 Å². The van der Waals surface area contributed by atoms with Crippen LogP contribution in [0.15, 0.2) is 41.4 Å². The number of anilines is 1. The molecule has 8 nitrogen and oxygen atoms in total. The van der Waals surface area contributed by atoms with Crippen molar-refractivity contribution in [3.8, 4) is 5.88 Å². The summed E-state index contributed by atoms with van der Waals surface area (Å²) in [5.41, 5.74) is 5.69. The highest BCUT2D eigenvalue weighted by Gasteiger charge is 2.33. The maximum atomic E-state index is 12.7. The molecule has 0 bridgehead atoms. The van der Waals surface area contributed by atoms with Crippen molar-refractivity contribution in [3.05, 3.63) is 42.1 Å². The van der Waals surface area contributed by atoms with Crippen LogP contribution in [0.1, 0.15) is 5.56 Å². The Kier molecular flexibility index (Phi) is 4.27. The zero-order valence-corrected chi connectivity index (χ0v) is 12.7. The fourth-order valence-electron chi connectivity index (χ4n) is 1.81. The maximum Gasteiger partial charge on any atom is 0.336 e. The van der Waals surface area contributed by atoms with Crippen molar-refractivity contribution >= 4 is 22.0 Å². The normalized spacial score (nSPS) is 11.0. The molecular formula is C13H14N4O4S. The van der Waals surface area contributed by atoms with Gasteiger partial charge in [-0.15, -0.1) is 4.31 Å². The second-order valence-electron chi connectivity index (χ2n) is 4.27. The van der Waals surface area contributed by atoms with Gasteiger partial charge < -0.3 is 10.5 Å². The zero-order valence-electron chi connectivity index (χ0n) is 11.9. The molecule has 2 rings (SSSR count). The minimum Gasteiger partial charge on any atom is -0.481 e. The van der Waals surface area contributed by atoms with Gasteiger partial charge >= 0.3 is 6.03 Å². The highest BCUT2D eigenvalue weighted by molar-refractivity contribution is 7.93. The molecule has 1 aromatic heterocycles. The van der Waals surface area contributed by atoms with Crippen molar-refractivity contribution < 1.29 is 17.9 Å². The van der Waals surface area contributed by atoms with Gasteiger partial charge in [0.1, 0.15) is 0 Å². The predicted molar refractivity (Wildman–Crippen MR) is 79.0 cm³/mol. The van der Waals surface area contributed by atoms with Crippen LogP contribution in [0.2, 0.25) is 0 Å². The van der Waals surface area contributed by atoms with Crippen molar-refractivity contribution in [2.45, 2.75) is 11.8 Å². The number of nitrogens with two attached hydrogens (primary N) is 1. The number of ether oxygens (including phenoxy) is 1. The number of hydrogen-bond donors (Lipinski definition) is 1. The number of hydrogen-bond acceptors (Lipinski definition) is 6. The number of amides is 2. The molecular weight excluding hydrogens is 308 g/mol. The van der Waals surface area contributed by atoms with Crippen LogP contribution in [0.5, 0.6) is 5.88 Å². The number of nitrogens with zero attached hydrogens (tertiary/aromatic N) is 3. The van der Waals surface area contributed by atoms with Crippen LogP contribution in [0.25, 0.3) is 0 Å². The van der Waals surface area contributed by atoms with E-state index in [9.17, 15) is 13.2 Å². The number of benzene rings is 1. The summed E-state index contributed by atoms with van der Waals surface area (Å²) in [7, 11) is -2.87. The van der Waals surface area contributed by atoms with E-state index in [1.165, 1.54) is 25.4 Å². The quantitative estimate of drug-likeness (QED) is 0.900. The molecule has 0 aliphatic heterocycles. The van der Waals surface area contributed by atoms with Crippen LogP contribution in [0.3, 0.4) is 0 Å². The molecule has 0 unspecified atom stereocenters. The Morgan fingerprint density at radius 1 is 1.27 bits per heavy atom. The van der Waals surface area contributed by atoms with E-state index in [4.69, 9.17) is 10.5 Å². The monoisotopic (exact) mass is 322 g/mol. The number of sulfonamides is 1. The van der Waals surface area contributed by atoms with E-state index in [2.05, 4.69) is 9.97 Å². The average Bonchev–Trinajstić information content (AvgIpc) is 2.47. The smallest absolute Gasteiger partial charge is 0.336 e. The number of methoxy groups -OCH3 is 1. The van der Waals surface area contributed by atoms with E-state index in [1.54, 1.807) is 25.1 Å². The third-order valence-electron chi connectivity index (χ3n) is 2.82. The second-order valence-corrected chi connectivity index (χ2v) is 6.03. The summed E-state index contributed by atoms with van der Waals surface area (Å²) in [5, 5.41) is 0. The lowest BCUT2D eigenvalue weighted by molar-refractivity contribution is 0.256. The summed E-state index contributed by atoms with van der Waals surface area (Å²) in [4.78, 5) is 19.3. The van der Waals surface area contributed by atoms with Crippen LogP contribution in [0, 0.1) is 6.92 Å². The third kappa shape index (κ3) is 2.84. The molecule has 0 aliphatic rings. The van der Waals surface area contributed by atoms with Crippen LogP contribution >= 0.6 is 0 Å². The van der Waals surface area contributed by atoms with Crippen molar-refractivity contribution in [2.24, 2.45) is 5.73 Å². The van der Waals surface area contributed by atoms with E-state index in [-0.39, 0.29) is 16.7 Å². The minimum absolute atomic E-state index is 0.0554. The topological polar surface area (TPSA) is 115 Å². The van der Waals surface area contributed by atoms with Crippen LogP contribution < -0.4 is 14.8 Å². The standard InChI is InChI=1S/C13H14N4O4S/c1-9-5-3-4-6-10(9)22(19,20)17(12(14)18)13-15-8-7-11(16-13)21-2/h3-8H,1-2H3,(H2,14,18). The number of carbonyl (C=O) groups excluding carboxylic acids is 1. The molecule has 22 heavy (non-hydrogen) atoms. The largest absolute Gasteiger partial charge is 0.481 e. The minimum atomic E-state index is -4.23. The molecule has 0 saturated heterocycles. The molecule has 2 N–H and O–H groups in total. The van der Waals surface area contributed by atoms with Gasteiger partial charge in [0.05, 0.1) is 12.0 Å². The van der Waals surface area contributed by atoms with E-state index in [0.29, 0.717) is 9.87 Å². The molecule has 2 aromatic rings. The molecule has 0 saturated carbocycles. The molecule has 2 amide bonds. The first-order valence-corrected chi connectivity index (χ1v) is 7.59. The van der Waals surface area contributed by atoms with Crippen molar-refractivity contribution in [1.82, 2.24) is 9.97 Å². The van der Waals surface area contributed by atoms with Gasteiger partial charge in [-0.1, -0.05) is 18.2 Å². The third-order valence-corrected chi connectivity index (χ3v) is 4.66. The lowest BCUT2D eigenvalue weighted by atomic mass is 10.2. The Bertz CT molecular complexity index is 807. The van der Waals surface area contributed by atoms with E-state index >= 15 is 0 Å². The summed E-state index contributed by atoms with van der Waals surface area (Å²) >= 11 is 0. The summed E-state index contributed by atoms with van der Waals surface area (Å²) in [6.07, 6.45) is 1.27. The number of rotatable bonds is 4. The van der Waals surface area contributed by atoms with Crippen LogP contribution in [-0.2, 0) is 10.0 Å². The highest BCUT2D eigenvalue weighted by atomic mass is 32.2. The summed E-state index contributed by atoms with van der Waals surface area (Å²) in [6, 6.07) is 6.43. The summed E-state index contributed by atoms with van der Waals surface area (Å²) < 4.78 is 30.6. The van der Waals surface area contributed by atoms with Gasteiger partial charge in [0.15, 0.2) is 0 Å². The van der Waals surface area contributed by atoms with Gasteiger partial charge in [-0.25, -0.2) is 18.2 Å². The van der Waals surface area contributed by atoms with E-state index in [1.807, 2.05) is 0 Å². The number of aryl methyl sites for hydroxylation is 1. The van der Waals surface area contributed by atoms with E-state index < -0.39 is 16.1 Å². The molecule has 0 fully saturated rings. The SMILES string of the molecule is COc1ccnc(N(C(N)=O)S(=O)(=O)c2ccccc2C)n1. The fraction of sp³-hybridized carbons (Fsp3) is 0.154. The van der Waals surface area contributed by atoms with Gasteiger partial charge in [0, 0.05) is 12.3 Å². The highest BCUT2D eigenvalue weighted by Crippen LogP contribution is 2.23. The number of primary amides is 1. The second kappa shape index (κ2) is 5.98. The Morgan fingerprint density at radius 3 is 2.55 bits per heavy atom. The first kappa shape index (κ1) is 15.7. The number of urea groups is 1. The van der Waals surface area contributed by atoms with Crippen LogP contribution in [0.4, 0.5) is 10.7 Å². The van der Waals surface area contributed by atoms with Gasteiger partial charge in [0.25, 0.3) is 16.0 Å². The van der Waals surface area contributed by atoms with Crippen molar-refractivity contribution in [2.75, 3.05) is 11.4 Å². The lowest BCUT2D eigenvalue weighted by Gasteiger charge is -2.19. The zero-order chi connectivity index (χ0) is 16.3. The predicted octanol–water partition coefficient (Wildman–Crippen LogP) is 1.07. The first-order valence-electron chi connectivity index (χ1n) is 6.15. The average molecular weight is 322 g/mol. The fourth-order valence-corrected chi connectivity index (χ4v) is 3.27. The maximum absolute atomic E-state index is 12.7. The Balaban J connectivity index is 2.61. The molecule has 9 heteroatoms. The number of aromatic nitrogens is 2. The lowest BCUT2D eigenvalue weighted by Crippen LogP contribution is -2.42. The Hall–Kier alpha value is -2.68. The molecule has 0 atom stereocenters. The summed E-state index contributed by atoms with van der Waals surface area (Å²) in [6.45, 7) is 1.61. The van der Waals surface area contributed by atoms with Crippen molar-refractivity contribution in [1.29, 1.82) is 0 Å². The molecule has 0 radical (unpaired) electrons. The summed E-state index contributed by atoms with van der Waals surface area (Å²) in [5.74, 6) is -0.272. The van der Waals surface area contributed by atoms with Crippen LogP contribution in [-0.4, -0.2) is 31.5 Å². The molecule has 1 heterocycles. The van der Waals surface area contributed by atoms with Gasteiger partial charge in [-0.3, -0.25) is 0 Å². The van der Waals surface area contributed by atoms with E-state index in [0.717, 1.165) is 0 Å². The van der Waals surface area contributed by atoms with Crippen molar-refractivity contribution in [3.63, 3.8) is 0 Å². The first-order chi connectivity index (χ1) is 10.4.